The summed E-state index contributed by atoms with van der Waals surface area (Å²) in [4.78, 5) is 45.3. The first kappa shape index (κ1) is 24.9. The zero-order valence-electron chi connectivity index (χ0n) is 20.2. The summed E-state index contributed by atoms with van der Waals surface area (Å²) in [6, 6.07) is 10.7. The van der Waals surface area contributed by atoms with Crippen molar-refractivity contribution in [1.29, 1.82) is 0 Å². The second-order valence-electron chi connectivity index (χ2n) is 9.28. The lowest BCUT2D eigenvalue weighted by molar-refractivity contribution is -0.141. The van der Waals surface area contributed by atoms with E-state index in [1.54, 1.807) is 41.6 Å². The lowest BCUT2D eigenvalue weighted by atomic mass is 9.94. The maximum Gasteiger partial charge on any atom is 0.261 e. The quantitative estimate of drug-likeness (QED) is 0.540. The van der Waals surface area contributed by atoms with E-state index >= 15 is 0 Å². The van der Waals surface area contributed by atoms with E-state index in [0.717, 1.165) is 31.2 Å². The Morgan fingerprint density at radius 1 is 1.06 bits per heavy atom. The minimum Gasteiger partial charge on any atom is -0.484 e. The number of benzene rings is 1. The second-order valence-corrected chi connectivity index (χ2v) is 9.28. The van der Waals surface area contributed by atoms with Gasteiger partial charge in [0, 0.05) is 37.1 Å². The molecule has 0 unspecified atom stereocenters. The Morgan fingerprint density at radius 3 is 2.51 bits per heavy atom. The Morgan fingerprint density at radius 2 is 1.83 bits per heavy atom. The minimum atomic E-state index is -0.303. The van der Waals surface area contributed by atoms with Crippen LogP contribution in [0.2, 0.25) is 0 Å². The molecule has 2 fully saturated rings. The molecule has 0 bridgehead atoms. The molecule has 0 N–H and O–H groups in total. The maximum absolute atomic E-state index is 13.2. The van der Waals surface area contributed by atoms with Crippen molar-refractivity contribution in [2.24, 2.45) is 0 Å². The summed E-state index contributed by atoms with van der Waals surface area (Å²) >= 11 is 0. The fourth-order valence-electron chi connectivity index (χ4n) is 4.70. The first-order valence-corrected chi connectivity index (χ1v) is 12.3. The van der Waals surface area contributed by atoms with Gasteiger partial charge < -0.3 is 19.3 Å². The highest BCUT2D eigenvalue weighted by Gasteiger charge is 2.35. The standard InChI is InChI=1S/C27H33N3O5/c1-20(31)22-9-11-24(12-10-22)35-19-27(33)29-15-25(34-18-21-6-5-13-28-14-21)16-30(26(32)17-29)23-7-3-2-4-8-23/h5-6,9-14,23,25H,2-4,7-8,15-19H2,1H3/t25-/m0/s1. The van der Waals surface area contributed by atoms with Crippen LogP contribution in [-0.2, 0) is 20.9 Å². The van der Waals surface area contributed by atoms with E-state index in [0.29, 0.717) is 31.0 Å². The first-order chi connectivity index (χ1) is 17.0. The van der Waals surface area contributed by atoms with Gasteiger partial charge in [-0.3, -0.25) is 19.4 Å². The van der Waals surface area contributed by atoms with Crippen LogP contribution in [0.4, 0.5) is 0 Å². The van der Waals surface area contributed by atoms with Gasteiger partial charge in [0.05, 0.1) is 19.3 Å². The number of ether oxygens (including phenoxy) is 2. The summed E-state index contributed by atoms with van der Waals surface area (Å²) < 4.78 is 11.9. The number of aromatic nitrogens is 1. The highest BCUT2D eigenvalue weighted by atomic mass is 16.5. The molecule has 1 aliphatic heterocycles. The molecule has 8 nitrogen and oxygen atoms in total. The van der Waals surface area contributed by atoms with Crippen molar-refractivity contribution in [3.05, 3.63) is 59.9 Å². The number of hydrogen-bond donors (Lipinski definition) is 0. The number of nitrogens with zero attached hydrogens (tertiary/aromatic N) is 3. The molecular formula is C27H33N3O5. The van der Waals surface area contributed by atoms with Crippen molar-refractivity contribution in [1.82, 2.24) is 14.8 Å². The maximum atomic E-state index is 13.2. The molecule has 0 radical (unpaired) electrons. The molecule has 1 aliphatic carbocycles. The van der Waals surface area contributed by atoms with Gasteiger partial charge in [0.25, 0.3) is 5.91 Å². The predicted molar refractivity (Wildman–Crippen MR) is 130 cm³/mol. The second kappa shape index (κ2) is 11.9. The molecule has 35 heavy (non-hydrogen) atoms. The third kappa shape index (κ3) is 6.88. The lowest BCUT2D eigenvalue weighted by Gasteiger charge is -2.34. The summed E-state index contributed by atoms with van der Waals surface area (Å²) in [6.07, 6.45) is 8.60. The number of Topliss-reactive ketones (excluding diaryl/α,β-unsaturated/α-hetero) is 1. The van der Waals surface area contributed by atoms with Crippen molar-refractivity contribution in [2.75, 3.05) is 26.2 Å². The van der Waals surface area contributed by atoms with Gasteiger partial charge in [-0.05, 0) is 55.7 Å². The van der Waals surface area contributed by atoms with Crippen LogP contribution in [0.5, 0.6) is 5.75 Å². The number of pyridine rings is 1. The van der Waals surface area contributed by atoms with E-state index < -0.39 is 0 Å². The zero-order valence-corrected chi connectivity index (χ0v) is 20.2. The summed E-state index contributed by atoms with van der Waals surface area (Å²) in [5.74, 6) is 0.159. The average Bonchev–Trinajstić information content (AvgIpc) is 3.06. The predicted octanol–water partition coefficient (Wildman–Crippen LogP) is 3.25. The topological polar surface area (TPSA) is 89.0 Å². The number of ketones is 1. The molecule has 2 heterocycles. The third-order valence-electron chi connectivity index (χ3n) is 6.67. The van der Waals surface area contributed by atoms with E-state index in [1.807, 2.05) is 17.0 Å². The van der Waals surface area contributed by atoms with Crippen molar-refractivity contribution in [3.8, 4) is 5.75 Å². The molecule has 2 aromatic rings. The largest absolute Gasteiger partial charge is 0.484 e. The van der Waals surface area contributed by atoms with Crippen molar-refractivity contribution >= 4 is 17.6 Å². The smallest absolute Gasteiger partial charge is 0.261 e. The molecule has 1 atom stereocenters. The van der Waals surface area contributed by atoms with Gasteiger partial charge >= 0.3 is 0 Å². The number of amides is 2. The fourth-order valence-corrected chi connectivity index (χ4v) is 4.70. The lowest BCUT2D eigenvalue weighted by Crippen LogP contribution is -2.46. The van der Waals surface area contributed by atoms with E-state index in [2.05, 4.69) is 4.98 Å². The van der Waals surface area contributed by atoms with E-state index in [-0.39, 0.29) is 42.9 Å². The summed E-state index contributed by atoms with van der Waals surface area (Å²) in [6.45, 7) is 2.49. The fraction of sp³-hybridized carbons (Fsp3) is 0.481. The number of carbonyl (C=O) groups is 3. The minimum absolute atomic E-state index is 0.0225. The van der Waals surface area contributed by atoms with Crippen molar-refractivity contribution in [3.63, 3.8) is 0 Å². The van der Waals surface area contributed by atoms with Crippen LogP contribution in [0.15, 0.2) is 48.8 Å². The molecule has 8 heteroatoms. The Labute approximate surface area is 206 Å². The summed E-state index contributed by atoms with van der Waals surface area (Å²) in [5.41, 5.74) is 1.53. The van der Waals surface area contributed by atoms with Gasteiger partial charge in [-0.1, -0.05) is 25.3 Å². The van der Waals surface area contributed by atoms with E-state index in [4.69, 9.17) is 9.47 Å². The van der Waals surface area contributed by atoms with Gasteiger partial charge in [0.15, 0.2) is 12.4 Å². The highest BCUT2D eigenvalue weighted by Crippen LogP contribution is 2.25. The van der Waals surface area contributed by atoms with Crippen LogP contribution in [0.25, 0.3) is 0 Å². The molecular weight excluding hydrogens is 446 g/mol. The zero-order chi connectivity index (χ0) is 24.6. The van der Waals surface area contributed by atoms with Crippen LogP contribution in [0.3, 0.4) is 0 Å². The van der Waals surface area contributed by atoms with Gasteiger partial charge in [0.2, 0.25) is 5.91 Å². The molecule has 1 saturated heterocycles. The molecule has 1 aromatic heterocycles. The molecule has 1 aromatic carbocycles. The summed E-state index contributed by atoms with van der Waals surface area (Å²) in [5, 5.41) is 0. The average molecular weight is 480 g/mol. The molecule has 2 amide bonds. The van der Waals surface area contributed by atoms with Crippen LogP contribution in [-0.4, -0.2) is 70.8 Å². The third-order valence-corrected chi connectivity index (χ3v) is 6.67. The van der Waals surface area contributed by atoms with Gasteiger partial charge in [-0.25, -0.2) is 0 Å². The normalized spacial score (nSPS) is 19.3. The van der Waals surface area contributed by atoms with Crippen LogP contribution in [0, 0.1) is 0 Å². The molecule has 0 spiro atoms. The molecule has 186 valence electrons. The van der Waals surface area contributed by atoms with E-state index in [1.165, 1.54) is 13.3 Å². The van der Waals surface area contributed by atoms with Gasteiger partial charge in [-0.2, -0.15) is 0 Å². The number of hydrogen-bond acceptors (Lipinski definition) is 6. The first-order valence-electron chi connectivity index (χ1n) is 12.3. The Kier molecular flexibility index (Phi) is 8.47. The SMILES string of the molecule is CC(=O)c1ccc(OCC(=O)N2CC(=O)N(C3CCCCC3)C[C@@H](OCc3cccnc3)C2)cc1. The van der Waals surface area contributed by atoms with Crippen molar-refractivity contribution < 1.29 is 23.9 Å². The molecule has 1 saturated carbocycles. The number of rotatable bonds is 8. The highest BCUT2D eigenvalue weighted by molar-refractivity contribution is 5.94. The van der Waals surface area contributed by atoms with Crippen LogP contribution in [0.1, 0.15) is 54.9 Å². The molecule has 2 aliphatic rings. The van der Waals surface area contributed by atoms with Gasteiger partial charge in [-0.15, -0.1) is 0 Å². The summed E-state index contributed by atoms with van der Waals surface area (Å²) in [7, 11) is 0. The molecule has 4 rings (SSSR count). The van der Waals surface area contributed by atoms with Gasteiger partial charge in [0.1, 0.15) is 5.75 Å². The van der Waals surface area contributed by atoms with Crippen molar-refractivity contribution in [2.45, 2.75) is 57.8 Å². The Hall–Kier alpha value is -3.26. The monoisotopic (exact) mass is 479 g/mol. The Bertz CT molecular complexity index is 1010. The van der Waals surface area contributed by atoms with E-state index in [9.17, 15) is 14.4 Å². The van der Waals surface area contributed by atoms with Crippen LogP contribution < -0.4 is 4.74 Å². The Balaban J connectivity index is 1.42. The number of carbonyl (C=O) groups excluding carboxylic acids is 3. The van der Waals surface area contributed by atoms with Crippen LogP contribution >= 0.6 is 0 Å².